The smallest absolute Gasteiger partial charge is 0.183 e. The van der Waals surface area contributed by atoms with Crippen LogP contribution in [0.3, 0.4) is 0 Å². The number of rotatable bonds is 5. The lowest BCUT2D eigenvalue weighted by Gasteiger charge is -2.11. The molecular weight excluding hydrogens is 334 g/mol. The van der Waals surface area contributed by atoms with Crippen molar-refractivity contribution in [3.63, 3.8) is 0 Å². The molecule has 3 atom stereocenters. The Labute approximate surface area is 141 Å². The standard InChI is InChI=1S/C17H18ClNO3S/c1-22-11-17(19)15(12-5-3-2-4-6-12)16(17)23(20,21)14-9-7-13(18)8-10-14/h2-10,15-16H,11,19H2,1H3/t15-,16-,17+/m0/s1. The Bertz CT molecular complexity index is 792. The molecule has 2 N–H and O–H groups in total. The summed E-state index contributed by atoms with van der Waals surface area (Å²) in [7, 11) is -2.04. The lowest BCUT2D eigenvalue weighted by molar-refractivity contribution is 0.171. The molecule has 0 aliphatic heterocycles. The number of hydrogen-bond acceptors (Lipinski definition) is 4. The molecule has 1 saturated carbocycles. The van der Waals surface area contributed by atoms with E-state index in [-0.39, 0.29) is 17.4 Å². The largest absolute Gasteiger partial charge is 0.383 e. The highest BCUT2D eigenvalue weighted by atomic mass is 35.5. The molecule has 0 heterocycles. The van der Waals surface area contributed by atoms with Crippen LogP contribution in [0.2, 0.25) is 5.02 Å². The fourth-order valence-corrected chi connectivity index (χ4v) is 5.65. The van der Waals surface area contributed by atoms with Crippen LogP contribution in [-0.2, 0) is 14.6 Å². The Balaban J connectivity index is 2.01. The fraction of sp³-hybridized carbons (Fsp3) is 0.294. The molecule has 0 unspecified atom stereocenters. The molecule has 1 aliphatic rings. The number of halogens is 1. The molecule has 0 bridgehead atoms. The van der Waals surface area contributed by atoms with Crippen molar-refractivity contribution in [3.8, 4) is 0 Å². The summed E-state index contributed by atoms with van der Waals surface area (Å²) >= 11 is 5.85. The zero-order valence-electron chi connectivity index (χ0n) is 12.6. The van der Waals surface area contributed by atoms with Gasteiger partial charge in [0, 0.05) is 18.1 Å². The summed E-state index contributed by atoms with van der Waals surface area (Å²) in [5.41, 5.74) is 6.39. The quantitative estimate of drug-likeness (QED) is 0.899. The van der Waals surface area contributed by atoms with Crippen molar-refractivity contribution in [2.45, 2.75) is 21.6 Å². The van der Waals surface area contributed by atoms with Gasteiger partial charge in [-0.3, -0.25) is 0 Å². The van der Waals surface area contributed by atoms with Crippen LogP contribution < -0.4 is 5.73 Å². The van der Waals surface area contributed by atoms with Crippen LogP contribution >= 0.6 is 11.6 Å². The van der Waals surface area contributed by atoms with Gasteiger partial charge in [-0.05, 0) is 29.8 Å². The molecule has 1 aliphatic carbocycles. The minimum Gasteiger partial charge on any atom is -0.383 e. The van der Waals surface area contributed by atoms with E-state index in [1.165, 1.54) is 19.2 Å². The molecule has 0 spiro atoms. The molecule has 0 amide bonds. The highest BCUT2D eigenvalue weighted by molar-refractivity contribution is 7.92. The van der Waals surface area contributed by atoms with E-state index in [4.69, 9.17) is 22.1 Å². The number of benzene rings is 2. The van der Waals surface area contributed by atoms with Gasteiger partial charge < -0.3 is 10.5 Å². The van der Waals surface area contributed by atoms with Gasteiger partial charge in [0.1, 0.15) is 0 Å². The molecule has 2 aromatic carbocycles. The third-order valence-electron chi connectivity index (χ3n) is 4.33. The summed E-state index contributed by atoms with van der Waals surface area (Å²) in [6.45, 7) is 0.185. The van der Waals surface area contributed by atoms with Gasteiger partial charge in [0.15, 0.2) is 9.84 Å². The molecule has 4 nitrogen and oxygen atoms in total. The van der Waals surface area contributed by atoms with E-state index >= 15 is 0 Å². The van der Waals surface area contributed by atoms with Crippen LogP contribution in [0, 0.1) is 0 Å². The number of hydrogen-bond donors (Lipinski definition) is 1. The second-order valence-electron chi connectivity index (χ2n) is 5.85. The molecule has 122 valence electrons. The highest BCUT2D eigenvalue weighted by Crippen LogP contribution is 2.55. The van der Waals surface area contributed by atoms with Gasteiger partial charge in [-0.15, -0.1) is 0 Å². The van der Waals surface area contributed by atoms with Gasteiger partial charge in [0.25, 0.3) is 0 Å². The SMILES string of the molecule is COC[C@@]1(N)[C@@H](c2ccccc2)[C@@H]1S(=O)(=O)c1ccc(Cl)cc1. The summed E-state index contributed by atoms with van der Waals surface area (Å²) in [6, 6.07) is 15.6. The van der Waals surface area contributed by atoms with E-state index in [0.717, 1.165) is 5.56 Å². The first kappa shape index (κ1) is 16.5. The Morgan fingerprint density at radius 2 is 1.74 bits per heavy atom. The molecule has 6 heteroatoms. The van der Waals surface area contributed by atoms with Gasteiger partial charge >= 0.3 is 0 Å². The zero-order valence-corrected chi connectivity index (χ0v) is 14.2. The maximum atomic E-state index is 13.0. The normalized spacial score (nSPS) is 26.9. The Hall–Kier alpha value is -1.40. The monoisotopic (exact) mass is 351 g/mol. The number of sulfone groups is 1. The maximum Gasteiger partial charge on any atom is 0.183 e. The van der Waals surface area contributed by atoms with E-state index in [2.05, 4.69) is 0 Å². The molecule has 1 fully saturated rings. The average molecular weight is 352 g/mol. The lowest BCUT2D eigenvalue weighted by Crippen LogP contribution is -2.35. The van der Waals surface area contributed by atoms with Gasteiger partial charge in [-0.2, -0.15) is 0 Å². The average Bonchev–Trinajstić information content (AvgIpc) is 3.15. The van der Waals surface area contributed by atoms with Crippen molar-refractivity contribution < 1.29 is 13.2 Å². The predicted molar refractivity (Wildman–Crippen MR) is 90.4 cm³/mol. The van der Waals surface area contributed by atoms with Crippen LogP contribution in [0.15, 0.2) is 59.5 Å². The van der Waals surface area contributed by atoms with Crippen molar-refractivity contribution in [3.05, 3.63) is 65.2 Å². The minimum absolute atomic E-state index is 0.185. The topological polar surface area (TPSA) is 69.4 Å². The Kier molecular flexibility index (Phi) is 4.23. The van der Waals surface area contributed by atoms with Crippen molar-refractivity contribution in [2.75, 3.05) is 13.7 Å². The van der Waals surface area contributed by atoms with Crippen LogP contribution in [-0.4, -0.2) is 32.9 Å². The zero-order chi connectivity index (χ0) is 16.7. The van der Waals surface area contributed by atoms with Crippen LogP contribution in [0.25, 0.3) is 0 Å². The van der Waals surface area contributed by atoms with Gasteiger partial charge in [-0.25, -0.2) is 8.42 Å². The summed E-state index contributed by atoms with van der Waals surface area (Å²) in [5, 5.41) is -0.214. The van der Waals surface area contributed by atoms with E-state index in [0.29, 0.717) is 5.02 Å². The molecule has 23 heavy (non-hydrogen) atoms. The van der Waals surface area contributed by atoms with E-state index in [1.54, 1.807) is 12.1 Å². The van der Waals surface area contributed by atoms with Crippen LogP contribution in [0.1, 0.15) is 11.5 Å². The summed E-state index contributed by atoms with van der Waals surface area (Å²) < 4.78 is 31.2. The van der Waals surface area contributed by atoms with Gasteiger partial charge in [0.2, 0.25) is 0 Å². The first-order chi connectivity index (χ1) is 10.9. The van der Waals surface area contributed by atoms with Gasteiger partial charge in [0.05, 0.1) is 22.3 Å². The number of nitrogens with two attached hydrogens (primary N) is 1. The second-order valence-corrected chi connectivity index (χ2v) is 8.36. The van der Waals surface area contributed by atoms with Crippen molar-refractivity contribution in [2.24, 2.45) is 5.73 Å². The lowest BCUT2D eigenvalue weighted by atomic mass is 10.1. The predicted octanol–water partition coefficient (Wildman–Crippen LogP) is 2.62. The fourth-order valence-electron chi connectivity index (χ4n) is 3.23. The summed E-state index contributed by atoms with van der Waals surface area (Å²) in [4.78, 5) is 0.233. The molecule has 3 rings (SSSR count). The number of methoxy groups -OCH3 is 1. The third-order valence-corrected chi connectivity index (χ3v) is 6.89. The minimum atomic E-state index is -3.57. The number of ether oxygens (including phenoxy) is 1. The first-order valence-electron chi connectivity index (χ1n) is 7.23. The molecular formula is C17H18ClNO3S. The van der Waals surface area contributed by atoms with Crippen molar-refractivity contribution in [1.29, 1.82) is 0 Å². The van der Waals surface area contributed by atoms with Gasteiger partial charge in [-0.1, -0.05) is 41.9 Å². The Morgan fingerprint density at radius 1 is 1.13 bits per heavy atom. The molecule has 0 radical (unpaired) electrons. The summed E-state index contributed by atoms with van der Waals surface area (Å²) in [5.74, 6) is -0.288. The van der Waals surface area contributed by atoms with Crippen LogP contribution in [0.4, 0.5) is 0 Å². The molecule has 0 aromatic heterocycles. The van der Waals surface area contributed by atoms with Crippen molar-refractivity contribution in [1.82, 2.24) is 0 Å². The van der Waals surface area contributed by atoms with E-state index < -0.39 is 20.6 Å². The van der Waals surface area contributed by atoms with E-state index in [9.17, 15) is 8.42 Å². The summed E-state index contributed by atoms with van der Waals surface area (Å²) in [6.07, 6.45) is 0. The third kappa shape index (κ3) is 2.78. The van der Waals surface area contributed by atoms with Crippen molar-refractivity contribution >= 4 is 21.4 Å². The van der Waals surface area contributed by atoms with Crippen LogP contribution in [0.5, 0.6) is 0 Å². The maximum absolute atomic E-state index is 13.0. The molecule has 2 aromatic rings. The highest BCUT2D eigenvalue weighted by Gasteiger charge is 2.69. The Morgan fingerprint density at radius 3 is 2.30 bits per heavy atom. The van der Waals surface area contributed by atoms with E-state index in [1.807, 2.05) is 30.3 Å². The first-order valence-corrected chi connectivity index (χ1v) is 9.16. The second kappa shape index (κ2) is 5.91. The molecule has 0 saturated heterocycles.